The lowest BCUT2D eigenvalue weighted by Gasteiger charge is -2.08. The second-order valence-corrected chi connectivity index (χ2v) is 7.64. The van der Waals surface area contributed by atoms with Gasteiger partial charge in [0.25, 0.3) is 0 Å². The number of fused-ring (bicyclic) bond motifs is 1. The van der Waals surface area contributed by atoms with Crippen LogP contribution in [0, 0.1) is 0 Å². The van der Waals surface area contributed by atoms with Crippen LogP contribution in [0.25, 0.3) is 11.0 Å². The molecule has 1 fully saturated rings. The summed E-state index contributed by atoms with van der Waals surface area (Å²) in [6.45, 7) is 1.56. The number of carbonyl (C=O) groups is 1. The first-order valence-corrected chi connectivity index (χ1v) is 10.3. The van der Waals surface area contributed by atoms with Gasteiger partial charge in [0.2, 0.25) is 5.91 Å². The van der Waals surface area contributed by atoms with Crippen LogP contribution in [0.4, 0.5) is 0 Å². The molecule has 1 aliphatic carbocycles. The molecule has 0 unspecified atom stereocenters. The minimum absolute atomic E-state index is 0.00799. The number of hydrogen-bond donors (Lipinski definition) is 3. The summed E-state index contributed by atoms with van der Waals surface area (Å²) in [5, 5.41) is 6.18. The highest BCUT2D eigenvalue weighted by Gasteiger charge is 2.19. The lowest BCUT2D eigenvalue weighted by molar-refractivity contribution is -0.119. The summed E-state index contributed by atoms with van der Waals surface area (Å²) in [6, 6.07) is 14.9. The molecule has 1 heterocycles. The maximum atomic E-state index is 11.5. The molecule has 0 spiro atoms. The molecule has 3 aromatic rings. The fourth-order valence-corrected chi connectivity index (χ4v) is 3.34. The monoisotopic (exact) mass is 392 g/mol. The summed E-state index contributed by atoms with van der Waals surface area (Å²) in [7, 11) is 1.65. The number of imidazole rings is 1. The molecule has 1 aliphatic rings. The van der Waals surface area contributed by atoms with Crippen LogP contribution >= 0.6 is 0 Å². The average Bonchev–Trinajstić information content (AvgIpc) is 3.48. The van der Waals surface area contributed by atoms with E-state index < -0.39 is 0 Å². The molecule has 1 saturated carbocycles. The predicted molar refractivity (Wildman–Crippen MR) is 114 cm³/mol. The number of likely N-dealkylation sites (N-methyl/N-ethyl adjacent to an activating group) is 1. The summed E-state index contributed by atoms with van der Waals surface area (Å²) in [6.07, 6.45) is 4.68. The lowest BCUT2D eigenvalue weighted by Crippen LogP contribution is -2.19. The minimum atomic E-state index is 0.00799. The Hall–Kier alpha value is -2.86. The number of ether oxygens (including phenoxy) is 1. The number of aromatic nitrogens is 2. The van der Waals surface area contributed by atoms with Crippen molar-refractivity contribution in [3.63, 3.8) is 0 Å². The number of amides is 1. The van der Waals surface area contributed by atoms with E-state index in [-0.39, 0.29) is 5.91 Å². The normalized spacial score (nSPS) is 13.6. The third-order valence-corrected chi connectivity index (χ3v) is 5.14. The Morgan fingerprint density at radius 3 is 2.93 bits per heavy atom. The Balaban J connectivity index is 1.26. The number of H-pyrrole nitrogens is 1. The highest BCUT2D eigenvalue weighted by molar-refractivity contribution is 5.81. The first-order chi connectivity index (χ1) is 14.2. The molecule has 0 bridgehead atoms. The van der Waals surface area contributed by atoms with Gasteiger partial charge in [-0.25, -0.2) is 4.98 Å². The number of nitrogens with zero attached hydrogens (tertiary/aromatic N) is 1. The second-order valence-electron chi connectivity index (χ2n) is 7.64. The number of aryl methyl sites for hydroxylation is 1. The molecule has 0 saturated heterocycles. The number of rotatable bonds is 10. The molecule has 6 nitrogen and oxygen atoms in total. The van der Waals surface area contributed by atoms with E-state index in [9.17, 15) is 4.79 Å². The van der Waals surface area contributed by atoms with E-state index in [1.54, 1.807) is 7.05 Å². The van der Waals surface area contributed by atoms with Crippen molar-refractivity contribution >= 4 is 16.9 Å². The topological polar surface area (TPSA) is 79.0 Å². The maximum Gasteiger partial charge on any atom is 0.224 e. The van der Waals surface area contributed by atoms with E-state index >= 15 is 0 Å². The van der Waals surface area contributed by atoms with Gasteiger partial charge >= 0.3 is 0 Å². The van der Waals surface area contributed by atoms with Crippen molar-refractivity contribution in [3.05, 3.63) is 59.4 Å². The quantitative estimate of drug-likeness (QED) is 0.463. The SMILES string of the molecule is CNC(=O)Cc1ccc2nc(CCCOc3cccc(CNC4CC4)c3)[nH]c2c1. The van der Waals surface area contributed by atoms with E-state index in [1.807, 2.05) is 24.3 Å². The Morgan fingerprint density at radius 2 is 2.10 bits per heavy atom. The van der Waals surface area contributed by atoms with Gasteiger partial charge in [0, 0.05) is 26.1 Å². The number of benzene rings is 2. The lowest BCUT2D eigenvalue weighted by atomic mass is 10.1. The Kier molecular flexibility index (Phi) is 6.10. The smallest absolute Gasteiger partial charge is 0.224 e. The van der Waals surface area contributed by atoms with E-state index in [1.165, 1.54) is 18.4 Å². The number of aromatic amines is 1. The molecule has 6 heteroatoms. The van der Waals surface area contributed by atoms with Gasteiger partial charge in [0.05, 0.1) is 24.1 Å². The molecule has 3 N–H and O–H groups in total. The van der Waals surface area contributed by atoms with Crippen LogP contribution in [-0.2, 0) is 24.2 Å². The van der Waals surface area contributed by atoms with Gasteiger partial charge in [-0.1, -0.05) is 18.2 Å². The second kappa shape index (κ2) is 9.09. The van der Waals surface area contributed by atoms with Crippen molar-refractivity contribution in [2.45, 2.75) is 44.7 Å². The largest absolute Gasteiger partial charge is 0.494 e. The summed E-state index contributed by atoms with van der Waals surface area (Å²) in [4.78, 5) is 19.5. The Bertz CT molecular complexity index is 978. The van der Waals surface area contributed by atoms with Gasteiger partial charge in [-0.3, -0.25) is 4.79 Å². The van der Waals surface area contributed by atoms with Crippen LogP contribution in [0.15, 0.2) is 42.5 Å². The summed E-state index contributed by atoms with van der Waals surface area (Å²) >= 11 is 0. The zero-order valence-corrected chi connectivity index (χ0v) is 16.8. The van der Waals surface area contributed by atoms with Crippen LogP contribution in [-0.4, -0.2) is 35.6 Å². The molecular weight excluding hydrogens is 364 g/mol. The molecule has 0 radical (unpaired) electrons. The third-order valence-electron chi connectivity index (χ3n) is 5.14. The van der Waals surface area contributed by atoms with Crippen LogP contribution in [0.1, 0.15) is 36.2 Å². The maximum absolute atomic E-state index is 11.5. The standard InChI is InChI=1S/C23H28N4O2/c1-24-23(28)14-16-7-10-20-21(13-16)27-22(26-20)6-3-11-29-19-5-2-4-17(12-19)15-25-18-8-9-18/h2,4-5,7,10,12-13,18,25H,3,6,8-9,11,14-15H2,1H3,(H,24,28)(H,26,27). The zero-order chi connectivity index (χ0) is 20.1. The number of carbonyl (C=O) groups excluding carboxylic acids is 1. The van der Waals surface area contributed by atoms with Crippen LogP contribution in [0.5, 0.6) is 5.75 Å². The van der Waals surface area contributed by atoms with Crippen molar-refractivity contribution in [2.75, 3.05) is 13.7 Å². The first-order valence-electron chi connectivity index (χ1n) is 10.3. The molecule has 4 rings (SSSR count). The van der Waals surface area contributed by atoms with E-state index in [4.69, 9.17) is 4.74 Å². The Morgan fingerprint density at radius 1 is 1.21 bits per heavy atom. The van der Waals surface area contributed by atoms with Gasteiger partial charge in [-0.05, 0) is 54.7 Å². The van der Waals surface area contributed by atoms with Crippen molar-refractivity contribution in [1.29, 1.82) is 0 Å². The molecule has 29 heavy (non-hydrogen) atoms. The van der Waals surface area contributed by atoms with Crippen molar-refractivity contribution in [3.8, 4) is 5.75 Å². The van der Waals surface area contributed by atoms with Crippen LogP contribution < -0.4 is 15.4 Å². The van der Waals surface area contributed by atoms with Gasteiger partial charge in [0.15, 0.2) is 0 Å². The van der Waals surface area contributed by atoms with E-state index in [2.05, 4.69) is 38.8 Å². The molecular formula is C23H28N4O2. The molecule has 2 aromatic carbocycles. The molecule has 152 valence electrons. The highest BCUT2D eigenvalue weighted by Crippen LogP contribution is 2.20. The van der Waals surface area contributed by atoms with Gasteiger partial charge < -0.3 is 20.4 Å². The minimum Gasteiger partial charge on any atom is -0.494 e. The molecule has 1 amide bonds. The van der Waals surface area contributed by atoms with Crippen LogP contribution in [0.2, 0.25) is 0 Å². The summed E-state index contributed by atoms with van der Waals surface area (Å²) in [5.41, 5.74) is 4.14. The van der Waals surface area contributed by atoms with Gasteiger partial charge in [-0.15, -0.1) is 0 Å². The molecule has 0 atom stereocenters. The zero-order valence-electron chi connectivity index (χ0n) is 16.8. The van der Waals surface area contributed by atoms with Crippen molar-refractivity contribution in [1.82, 2.24) is 20.6 Å². The fourth-order valence-electron chi connectivity index (χ4n) is 3.34. The summed E-state index contributed by atoms with van der Waals surface area (Å²) < 4.78 is 5.93. The number of hydrogen-bond acceptors (Lipinski definition) is 4. The molecule has 1 aromatic heterocycles. The fraction of sp³-hybridized carbons (Fsp3) is 0.391. The van der Waals surface area contributed by atoms with E-state index in [0.29, 0.717) is 19.1 Å². The van der Waals surface area contributed by atoms with Crippen LogP contribution in [0.3, 0.4) is 0 Å². The summed E-state index contributed by atoms with van der Waals surface area (Å²) in [5.74, 6) is 1.88. The van der Waals surface area contributed by atoms with Gasteiger partial charge in [0.1, 0.15) is 11.6 Å². The number of nitrogens with one attached hydrogen (secondary N) is 3. The Labute approximate surface area is 171 Å². The van der Waals surface area contributed by atoms with Crippen molar-refractivity contribution < 1.29 is 9.53 Å². The van der Waals surface area contributed by atoms with E-state index in [0.717, 1.165) is 47.6 Å². The highest BCUT2D eigenvalue weighted by atomic mass is 16.5. The average molecular weight is 393 g/mol. The van der Waals surface area contributed by atoms with Gasteiger partial charge in [-0.2, -0.15) is 0 Å². The predicted octanol–water partition coefficient (Wildman–Crippen LogP) is 3.12. The first kappa shape index (κ1) is 19.5. The van der Waals surface area contributed by atoms with Crippen molar-refractivity contribution in [2.24, 2.45) is 0 Å². The third kappa shape index (κ3) is 5.57. The molecule has 0 aliphatic heterocycles.